The molecule has 0 bridgehead atoms. The van der Waals surface area contributed by atoms with Crippen molar-refractivity contribution in [2.45, 2.75) is 46.3 Å². The van der Waals surface area contributed by atoms with Gasteiger partial charge in [0, 0.05) is 23.9 Å². The van der Waals surface area contributed by atoms with Gasteiger partial charge in [0.15, 0.2) is 5.78 Å². The van der Waals surface area contributed by atoms with E-state index in [9.17, 15) is 13.6 Å². The van der Waals surface area contributed by atoms with Gasteiger partial charge in [-0.25, -0.2) is 18.3 Å². The van der Waals surface area contributed by atoms with Gasteiger partial charge in [0.05, 0.1) is 33.0 Å². The lowest BCUT2D eigenvalue weighted by Crippen LogP contribution is -2.13. The fraction of sp³-hybridized carbons (Fsp3) is 0.292. The van der Waals surface area contributed by atoms with Crippen LogP contribution in [0.1, 0.15) is 56.8 Å². The van der Waals surface area contributed by atoms with Crippen molar-refractivity contribution in [3.63, 3.8) is 0 Å². The average Bonchev–Trinajstić information content (AvgIpc) is 3.34. The lowest BCUT2D eigenvalue weighted by Gasteiger charge is -2.11. The molecule has 0 spiro atoms. The number of rotatable bonds is 8. The number of benzene rings is 1. The number of nitrogens with two attached hydrogens (primary N) is 1. The van der Waals surface area contributed by atoms with Crippen LogP contribution in [0, 0.1) is 32.4 Å². The van der Waals surface area contributed by atoms with Gasteiger partial charge in [-0.15, -0.1) is 11.3 Å². The second-order valence-electron chi connectivity index (χ2n) is 7.98. The molecule has 0 amide bonds. The van der Waals surface area contributed by atoms with Crippen LogP contribution < -0.4 is 10.5 Å². The zero-order valence-electron chi connectivity index (χ0n) is 18.6. The lowest BCUT2D eigenvalue weighted by atomic mass is 10.0. The Balaban J connectivity index is 1.58. The maximum atomic E-state index is 14.0. The zero-order valence-corrected chi connectivity index (χ0v) is 19.4. The molecule has 4 rings (SSSR count). The number of fused-ring (bicyclic) bond motifs is 1. The van der Waals surface area contributed by atoms with E-state index in [1.54, 1.807) is 13.0 Å². The molecule has 2 N–H and O–H groups in total. The molecule has 1 aromatic carbocycles. The van der Waals surface area contributed by atoms with Crippen LogP contribution in [0.15, 0.2) is 35.7 Å². The Kier molecular flexibility index (Phi) is 6.53. The van der Waals surface area contributed by atoms with Crippen LogP contribution in [-0.4, -0.2) is 20.4 Å². The van der Waals surface area contributed by atoms with E-state index in [1.165, 1.54) is 34.1 Å². The Morgan fingerprint density at radius 1 is 1.21 bits per heavy atom. The Morgan fingerprint density at radius 2 is 1.94 bits per heavy atom. The maximum Gasteiger partial charge on any atom is 0.215 e. The van der Waals surface area contributed by atoms with Crippen molar-refractivity contribution in [3.8, 4) is 5.88 Å². The Bertz CT molecular complexity index is 1310. The van der Waals surface area contributed by atoms with Gasteiger partial charge in [-0.05, 0) is 51.0 Å². The fourth-order valence-corrected chi connectivity index (χ4v) is 4.41. The van der Waals surface area contributed by atoms with Crippen LogP contribution in [0.2, 0.25) is 0 Å². The van der Waals surface area contributed by atoms with E-state index in [2.05, 4.69) is 10.1 Å². The number of thiazole rings is 1. The highest BCUT2D eigenvalue weighted by atomic mass is 32.1. The van der Waals surface area contributed by atoms with Gasteiger partial charge >= 0.3 is 0 Å². The van der Waals surface area contributed by atoms with Crippen LogP contribution >= 0.6 is 11.3 Å². The number of hydrogen-bond donors (Lipinski definition) is 1. The van der Waals surface area contributed by atoms with Crippen LogP contribution in [0.5, 0.6) is 5.88 Å². The number of aromatic nitrogens is 3. The molecule has 0 fully saturated rings. The Labute approximate surface area is 194 Å². The van der Waals surface area contributed by atoms with Crippen molar-refractivity contribution in [1.82, 2.24) is 14.6 Å². The van der Waals surface area contributed by atoms with Gasteiger partial charge < -0.3 is 10.5 Å². The highest BCUT2D eigenvalue weighted by Crippen LogP contribution is 2.27. The fourth-order valence-electron chi connectivity index (χ4n) is 3.73. The molecule has 0 aliphatic heterocycles. The van der Waals surface area contributed by atoms with Crippen molar-refractivity contribution in [3.05, 3.63) is 80.4 Å². The second kappa shape index (κ2) is 9.36. The number of pyridine rings is 1. The quantitative estimate of drug-likeness (QED) is 0.356. The summed E-state index contributed by atoms with van der Waals surface area (Å²) in [6, 6.07) is 6.90. The third-order valence-electron chi connectivity index (χ3n) is 5.42. The predicted molar refractivity (Wildman–Crippen MR) is 123 cm³/mol. The first-order valence-electron chi connectivity index (χ1n) is 10.5. The SMILES string of the molecule is Cc1cc(OCc2c(F)cccc2F)n2nc(C)c(C(=O)CCC(N)c3csc(C)n3)c2c1. The summed E-state index contributed by atoms with van der Waals surface area (Å²) < 4.78 is 35.2. The third kappa shape index (κ3) is 4.79. The van der Waals surface area contributed by atoms with Crippen molar-refractivity contribution >= 4 is 22.6 Å². The number of ketones is 1. The van der Waals surface area contributed by atoms with E-state index >= 15 is 0 Å². The van der Waals surface area contributed by atoms with Gasteiger partial charge in [-0.2, -0.15) is 5.10 Å². The molecule has 0 aliphatic carbocycles. The highest BCUT2D eigenvalue weighted by molar-refractivity contribution is 7.09. The third-order valence-corrected chi connectivity index (χ3v) is 6.22. The van der Waals surface area contributed by atoms with E-state index < -0.39 is 11.6 Å². The number of carbonyl (C=O) groups excluding carboxylic acids is 1. The van der Waals surface area contributed by atoms with E-state index in [-0.39, 0.29) is 30.4 Å². The lowest BCUT2D eigenvalue weighted by molar-refractivity contribution is 0.0978. The molecule has 33 heavy (non-hydrogen) atoms. The minimum Gasteiger partial charge on any atom is -0.473 e. The number of nitrogens with zero attached hydrogens (tertiary/aromatic N) is 3. The standard InChI is InChI=1S/C24H24F2N4O2S/c1-13-9-21-24(22(31)8-7-19(27)20-12-33-15(3)28-20)14(2)29-30(21)23(10-13)32-11-16-17(25)5-4-6-18(16)26/h4-6,9-10,12,19H,7-8,11,27H2,1-3H3. The van der Waals surface area contributed by atoms with Gasteiger partial charge in [0.1, 0.15) is 18.2 Å². The summed E-state index contributed by atoms with van der Waals surface area (Å²) in [6.07, 6.45) is 0.699. The first kappa shape index (κ1) is 23.0. The number of ether oxygens (including phenoxy) is 1. The smallest absolute Gasteiger partial charge is 0.215 e. The summed E-state index contributed by atoms with van der Waals surface area (Å²) in [7, 11) is 0. The van der Waals surface area contributed by atoms with Gasteiger partial charge in [-0.1, -0.05) is 6.07 Å². The number of hydrogen-bond acceptors (Lipinski definition) is 6. The summed E-state index contributed by atoms with van der Waals surface area (Å²) in [5.41, 5.74) is 9.28. The summed E-state index contributed by atoms with van der Waals surface area (Å²) in [5.74, 6) is -1.15. The maximum absolute atomic E-state index is 14.0. The molecule has 1 unspecified atom stereocenters. The van der Waals surface area contributed by atoms with E-state index in [4.69, 9.17) is 10.5 Å². The van der Waals surface area contributed by atoms with Crippen LogP contribution in [0.3, 0.4) is 0 Å². The minimum absolute atomic E-state index is 0.0819. The molecule has 0 saturated carbocycles. The summed E-state index contributed by atoms with van der Waals surface area (Å²) in [6.45, 7) is 5.21. The zero-order chi connectivity index (χ0) is 23.7. The highest BCUT2D eigenvalue weighted by Gasteiger charge is 2.21. The molecule has 9 heteroatoms. The summed E-state index contributed by atoms with van der Waals surface area (Å²) in [5, 5.41) is 7.31. The summed E-state index contributed by atoms with van der Waals surface area (Å²) in [4.78, 5) is 17.5. The molecular formula is C24H24F2N4O2S. The van der Waals surface area contributed by atoms with Crippen molar-refractivity contribution in [2.75, 3.05) is 0 Å². The Hall–Kier alpha value is -3.17. The molecular weight excluding hydrogens is 446 g/mol. The van der Waals surface area contributed by atoms with Crippen molar-refractivity contribution < 1.29 is 18.3 Å². The number of carbonyl (C=O) groups is 1. The first-order chi connectivity index (χ1) is 15.7. The van der Waals surface area contributed by atoms with Gasteiger partial charge in [0.2, 0.25) is 5.88 Å². The van der Waals surface area contributed by atoms with E-state index in [1.807, 2.05) is 25.3 Å². The van der Waals surface area contributed by atoms with Crippen molar-refractivity contribution in [2.24, 2.45) is 5.73 Å². The molecule has 3 aromatic heterocycles. The monoisotopic (exact) mass is 470 g/mol. The molecule has 1 atom stereocenters. The van der Waals surface area contributed by atoms with Gasteiger partial charge in [0.25, 0.3) is 0 Å². The molecule has 4 aromatic rings. The molecule has 3 heterocycles. The Morgan fingerprint density at radius 3 is 2.61 bits per heavy atom. The molecule has 0 aliphatic rings. The van der Waals surface area contributed by atoms with Crippen LogP contribution in [0.25, 0.3) is 5.52 Å². The van der Waals surface area contributed by atoms with E-state index in [0.717, 1.165) is 16.3 Å². The van der Waals surface area contributed by atoms with Gasteiger partial charge in [-0.3, -0.25) is 4.79 Å². The predicted octanol–water partition coefficient (Wildman–Crippen LogP) is 5.24. The second-order valence-corrected chi connectivity index (χ2v) is 9.04. The topological polar surface area (TPSA) is 82.5 Å². The van der Waals surface area contributed by atoms with E-state index in [0.29, 0.717) is 29.1 Å². The minimum atomic E-state index is -0.682. The molecule has 172 valence electrons. The number of aryl methyl sites for hydroxylation is 3. The molecule has 6 nitrogen and oxygen atoms in total. The average molecular weight is 471 g/mol. The molecule has 0 radical (unpaired) electrons. The molecule has 0 saturated heterocycles. The number of Topliss-reactive ketones (excluding diaryl/α,β-unsaturated/α-hetero) is 1. The first-order valence-corrected chi connectivity index (χ1v) is 11.4. The van der Waals surface area contributed by atoms with Crippen LogP contribution in [0.4, 0.5) is 8.78 Å². The summed E-state index contributed by atoms with van der Waals surface area (Å²) >= 11 is 1.53. The number of halogens is 2. The van der Waals surface area contributed by atoms with Crippen molar-refractivity contribution in [1.29, 1.82) is 0 Å². The normalized spacial score (nSPS) is 12.3. The largest absolute Gasteiger partial charge is 0.473 e. The van der Waals surface area contributed by atoms with Crippen LogP contribution in [-0.2, 0) is 6.61 Å².